The molecule has 0 saturated heterocycles. The van der Waals surface area contributed by atoms with Crippen LogP contribution < -0.4 is 0 Å². The van der Waals surface area contributed by atoms with E-state index in [2.05, 4.69) is 6.92 Å². The van der Waals surface area contributed by atoms with Crippen LogP contribution in [0.25, 0.3) is 0 Å². The van der Waals surface area contributed by atoms with Crippen LogP contribution in [0.15, 0.2) is 0 Å². The van der Waals surface area contributed by atoms with Crippen LogP contribution in [0.2, 0.25) is 0 Å². The molecular weight excluding hydrogens is 149 g/mol. The Hall–Kier alpha value is 1.10. The monoisotopic (exact) mass is 162 g/mol. The maximum absolute atomic E-state index is 6.75. The van der Waals surface area contributed by atoms with Gasteiger partial charge in [0.1, 0.15) is 0 Å². The second kappa shape index (κ2) is 6.10. The zero-order valence-corrected chi connectivity index (χ0v) is 7.11. The van der Waals surface area contributed by atoms with E-state index >= 15 is 0 Å². The van der Waals surface area contributed by atoms with Crippen LogP contribution in [0.3, 0.4) is 0 Å². The molecule has 0 nitrogen and oxygen atoms in total. The number of hydrogen-bond donors (Lipinski definition) is 0. The van der Waals surface area contributed by atoms with Gasteiger partial charge in [0.15, 0.2) is 0 Å². The Bertz CT molecular complexity index is 27.3. The summed E-state index contributed by atoms with van der Waals surface area (Å²) in [6.45, 7) is 6.20. The molecule has 0 fully saturated rings. The molecule has 6 heavy (non-hydrogen) atoms. The van der Waals surface area contributed by atoms with E-state index in [1.165, 1.54) is 0 Å². The first-order chi connectivity index (χ1) is 2.81. The molecule has 0 aliphatic heterocycles. The minimum absolute atomic E-state index is 0. The van der Waals surface area contributed by atoms with Crippen LogP contribution in [-0.2, 0) is 32.7 Å². The third kappa shape index (κ3) is 8.92. The van der Waals surface area contributed by atoms with Gasteiger partial charge in [-0.05, 0) is 0 Å². The van der Waals surface area contributed by atoms with Gasteiger partial charge in [0.2, 0.25) is 0 Å². The molecule has 1 unspecified atom stereocenters. The Morgan fingerprint density at radius 2 is 2.50 bits per heavy atom. The average Bonchev–Trinajstić information content (AvgIpc) is 1.65. The van der Waals surface area contributed by atoms with Gasteiger partial charge in [-0.1, -0.05) is 20.2 Å². The molecule has 0 aliphatic carbocycles. The second-order valence-electron chi connectivity index (χ2n) is 1.27. The van der Waals surface area contributed by atoms with E-state index in [0.717, 1.165) is 6.42 Å². The van der Waals surface area contributed by atoms with Gasteiger partial charge in [0.05, 0.1) is 0 Å². The molecule has 0 aliphatic rings. The van der Waals surface area contributed by atoms with E-state index in [0.29, 0.717) is 12.8 Å². The van der Waals surface area contributed by atoms with Crippen molar-refractivity contribution in [3.05, 3.63) is 6.92 Å². The van der Waals surface area contributed by atoms with Gasteiger partial charge < -0.3 is 6.92 Å². The first-order valence-corrected chi connectivity index (χ1v) is 1.93. The van der Waals surface area contributed by atoms with Crippen LogP contribution in [0, 0.1) is 12.8 Å². The molecule has 1 heteroatoms. The van der Waals surface area contributed by atoms with Crippen LogP contribution in [0.4, 0.5) is 0 Å². The predicted octanol–water partition coefficient (Wildman–Crippen LogP) is 1.86. The molecule has 0 N–H and O–H groups in total. The van der Waals surface area contributed by atoms with E-state index in [9.17, 15) is 0 Å². The predicted molar refractivity (Wildman–Crippen MR) is 24.8 cm³/mol. The van der Waals surface area contributed by atoms with E-state index in [1.54, 1.807) is 0 Å². The number of rotatable bonds is 1. The third-order valence-corrected chi connectivity index (χ3v) is 0.577. The summed E-state index contributed by atoms with van der Waals surface area (Å²) in [4.78, 5) is 0. The second-order valence-corrected chi connectivity index (χ2v) is 1.27. The van der Waals surface area contributed by atoms with Gasteiger partial charge in [-0.2, -0.15) is 5.92 Å². The molecule has 0 saturated carbocycles. The zero-order chi connectivity index (χ0) is 4.99. The van der Waals surface area contributed by atoms with Crippen molar-refractivity contribution >= 4 is 0 Å². The maximum Gasteiger partial charge on any atom is 0.0206 e. The molecule has 0 aromatic rings. The largest absolute Gasteiger partial charge is 0.341 e. The van der Waals surface area contributed by atoms with Crippen molar-refractivity contribution in [1.82, 2.24) is 0 Å². The Labute approximate surface area is 67.0 Å². The summed E-state index contributed by atoms with van der Waals surface area (Å²) in [7, 11) is 0. The molecule has 35 valence electrons. The van der Waals surface area contributed by atoms with Crippen LogP contribution in [0.1, 0.15) is 21.6 Å². The maximum atomic E-state index is 6.75. The van der Waals surface area contributed by atoms with Gasteiger partial charge >= 0.3 is 0 Å². The Balaban J connectivity index is 0. The van der Waals surface area contributed by atoms with Crippen molar-refractivity contribution in [2.75, 3.05) is 0 Å². The fourth-order valence-corrected chi connectivity index (χ4v) is 0. The molecule has 0 spiro atoms. The summed E-state index contributed by atoms with van der Waals surface area (Å²) in [5, 5.41) is 0. The van der Waals surface area contributed by atoms with Gasteiger partial charge in [0.25, 0.3) is 0 Å². The van der Waals surface area contributed by atoms with Crippen molar-refractivity contribution in [3.63, 3.8) is 0 Å². The van der Waals surface area contributed by atoms with Gasteiger partial charge in [-0.25, -0.2) is 0 Å². The van der Waals surface area contributed by atoms with Crippen molar-refractivity contribution in [1.29, 1.82) is 0 Å². The first kappa shape index (κ1) is 7.10. The quantitative estimate of drug-likeness (QED) is 0.516. The summed E-state index contributed by atoms with van der Waals surface area (Å²) in [6.07, 6.45) is 1.03. The molecule has 0 rings (SSSR count). The van der Waals surface area contributed by atoms with Gasteiger partial charge in [0, 0.05) is 34.1 Å². The first-order valence-electron chi connectivity index (χ1n) is 2.64. The third-order valence-electron chi connectivity index (χ3n) is 0.577. The van der Waals surface area contributed by atoms with Gasteiger partial charge in [-0.15, -0.1) is 0 Å². The van der Waals surface area contributed by atoms with E-state index in [4.69, 9.17) is 1.37 Å². The number of hydrogen-bond acceptors (Lipinski definition) is 0. The average molecular weight is 162 g/mol. The summed E-state index contributed by atoms with van der Waals surface area (Å²) < 4.78 is 6.75. The van der Waals surface area contributed by atoms with E-state index < -0.39 is 0 Å². The van der Waals surface area contributed by atoms with E-state index in [1.807, 2.05) is 6.92 Å². The molecule has 0 bridgehead atoms. The van der Waals surface area contributed by atoms with E-state index in [-0.39, 0.29) is 32.7 Å². The van der Waals surface area contributed by atoms with Crippen molar-refractivity contribution in [3.8, 4) is 0 Å². The molecule has 1 atom stereocenters. The van der Waals surface area contributed by atoms with Crippen molar-refractivity contribution in [2.24, 2.45) is 5.92 Å². The molecule has 0 aromatic heterocycles. The summed E-state index contributed by atoms with van der Waals surface area (Å²) in [6, 6.07) is 0. The zero-order valence-electron chi connectivity index (χ0n) is 5.28. The summed E-state index contributed by atoms with van der Waals surface area (Å²) in [5.41, 5.74) is 0. The van der Waals surface area contributed by atoms with Gasteiger partial charge in [-0.3, -0.25) is 0 Å². The molecular formula is C5H11Y-. The molecule has 0 aromatic carbocycles. The van der Waals surface area contributed by atoms with Crippen molar-refractivity contribution < 1.29 is 34.1 Å². The normalized spacial score (nSPS) is 14.7. The summed E-state index contributed by atoms with van der Waals surface area (Å²) >= 11 is 0. The Kier molecular flexibility index (Phi) is 7.23. The van der Waals surface area contributed by atoms with Crippen molar-refractivity contribution in [2.45, 2.75) is 20.2 Å². The fraction of sp³-hybridized carbons (Fsp3) is 0.800. The van der Waals surface area contributed by atoms with Crippen LogP contribution in [0.5, 0.6) is 0 Å². The fourth-order valence-electron chi connectivity index (χ4n) is 0. The Morgan fingerprint density at radius 3 is 2.50 bits per heavy atom. The molecule has 1 radical (unpaired) electrons. The van der Waals surface area contributed by atoms with Crippen LogP contribution in [-0.4, -0.2) is 0 Å². The molecule has 0 amide bonds. The minimum Gasteiger partial charge on any atom is -0.341 e. The summed E-state index contributed by atoms with van der Waals surface area (Å²) in [5.74, 6) is 0.352. The SMILES string of the molecule is [3H]CC([CH2-])CC.[Y]. The minimum atomic E-state index is 0. The Morgan fingerprint density at radius 1 is 2.00 bits per heavy atom. The topological polar surface area (TPSA) is 0 Å². The van der Waals surface area contributed by atoms with Crippen LogP contribution >= 0.6 is 0 Å². The standard InChI is InChI=1S/C5H11.Y/c1-4-5(2)3;/h5H,2,4H2,1,3H3;/q-1;/i3T;. The molecule has 0 heterocycles. The smallest absolute Gasteiger partial charge is 0.0206 e.